The number of hydrogen-bond acceptors (Lipinski definition) is 1. The third-order valence-corrected chi connectivity index (χ3v) is 1.42. The van der Waals surface area contributed by atoms with E-state index in [4.69, 9.17) is 5.11 Å². The van der Waals surface area contributed by atoms with E-state index in [0.29, 0.717) is 5.56 Å². The number of hydrogen-bond donors (Lipinski definition) is 1. The highest BCUT2D eigenvalue weighted by atomic mass is 19.1. The van der Waals surface area contributed by atoms with Crippen LogP contribution in [-0.4, -0.2) is 11.1 Å². The van der Waals surface area contributed by atoms with Gasteiger partial charge in [0.15, 0.2) is 0 Å². The van der Waals surface area contributed by atoms with E-state index >= 15 is 0 Å². The Hall–Kier alpha value is -1.64. The van der Waals surface area contributed by atoms with Crippen LogP contribution in [0.15, 0.2) is 36.7 Å². The van der Waals surface area contributed by atoms with E-state index in [1.165, 1.54) is 0 Å². The zero-order valence-electron chi connectivity index (χ0n) is 6.20. The van der Waals surface area contributed by atoms with E-state index in [2.05, 4.69) is 0 Å². The van der Waals surface area contributed by atoms with E-state index in [-0.39, 0.29) is 11.9 Å². The summed E-state index contributed by atoms with van der Waals surface area (Å²) in [7, 11) is 0. The topological polar surface area (TPSA) is 37.3 Å². The van der Waals surface area contributed by atoms with Crippen molar-refractivity contribution in [3.63, 3.8) is 0 Å². The molecule has 0 saturated carbocycles. The summed E-state index contributed by atoms with van der Waals surface area (Å²) >= 11 is 0. The fraction of sp³-hybridized carbons (Fsp3) is 0. The van der Waals surface area contributed by atoms with Crippen molar-refractivity contribution in [1.82, 2.24) is 0 Å². The van der Waals surface area contributed by atoms with Gasteiger partial charge in [0.2, 0.25) is 0 Å². The van der Waals surface area contributed by atoms with Crippen LogP contribution in [0.1, 0.15) is 5.56 Å². The number of benzene rings is 1. The van der Waals surface area contributed by atoms with Crippen molar-refractivity contribution in [2.75, 3.05) is 0 Å². The second-order valence-electron chi connectivity index (χ2n) is 2.19. The van der Waals surface area contributed by atoms with E-state index < -0.39 is 5.97 Å². The van der Waals surface area contributed by atoms with E-state index in [1.54, 1.807) is 30.3 Å². The maximum atomic E-state index is 12.1. The monoisotopic (exact) mass is 166 g/mol. The van der Waals surface area contributed by atoms with Crippen molar-refractivity contribution < 1.29 is 14.3 Å². The molecular weight excluding hydrogens is 159 g/mol. The van der Waals surface area contributed by atoms with Crippen LogP contribution < -0.4 is 0 Å². The summed E-state index contributed by atoms with van der Waals surface area (Å²) in [4.78, 5) is 10.4. The van der Waals surface area contributed by atoms with Gasteiger partial charge >= 0.3 is 5.97 Å². The quantitative estimate of drug-likeness (QED) is 0.683. The third kappa shape index (κ3) is 1.69. The minimum atomic E-state index is -1.26. The van der Waals surface area contributed by atoms with Gasteiger partial charge in [0.05, 0.1) is 5.57 Å². The molecule has 0 atom stereocenters. The minimum absolute atomic E-state index is 0.0949. The number of halogens is 1. The Morgan fingerprint density at radius 1 is 1.33 bits per heavy atom. The molecule has 0 spiro atoms. The van der Waals surface area contributed by atoms with Crippen molar-refractivity contribution in [2.24, 2.45) is 0 Å². The minimum Gasteiger partial charge on any atom is -0.478 e. The molecule has 3 heteroatoms. The number of aliphatic carboxylic acids is 1. The first kappa shape index (κ1) is 8.46. The standard InChI is InChI=1S/C9H7FO2/c10-6-8(9(11)12)7-4-2-1-3-5-7/h1-6H,(H,11,12)/b8-6+. The van der Waals surface area contributed by atoms with Crippen LogP contribution in [0, 0.1) is 0 Å². The molecule has 0 aromatic heterocycles. The summed E-state index contributed by atoms with van der Waals surface area (Å²) in [5.41, 5.74) is 0.0445. The van der Waals surface area contributed by atoms with Gasteiger partial charge in [-0.05, 0) is 5.56 Å². The van der Waals surface area contributed by atoms with Crippen LogP contribution in [0.5, 0.6) is 0 Å². The summed E-state index contributed by atoms with van der Waals surface area (Å²) in [5.74, 6) is -1.26. The molecule has 1 aromatic rings. The van der Waals surface area contributed by atoms with Gasteiger partial charge in [-0.3, -0.25) is 0 Å². The van der Waals surface area contributed by atoms with Gasteiger partial charge in [-0.15, -0.1) is 0 Å². The molecule has 1 N–H and O–H groups in total. The predicted molar refractivity (Wildman–Crippen MR) is 43.2 cm³/mol. The predicted octanol–water partition coefficient (Wildman–Crippen LogP) is 2.08. The smallest absolute Gasteiger partial charge is 0.338 e. The first-order chi connectivity index (χ1) is 5.75. The summed E-state index contributed by atoms with van der Waals surface area (Å²) in [6, 6.07) is 8.13. The van der Waals surface area contributed by atoms with Crippen LogP contribution in [-0.2, 0) is 4.79 Å². The second-order valence-corrected chi connectivity index (χ2v) is 2.19. The summed E-state index contributed by atoms with van der Waals surface area (Å²) in [6.07, 6.45) is 0.0949. The van der Waals surface area contributed by atoms with Crippen molar-refractivity contribution in [1.29, 1.82) is 0 Å². The lowest BCUT2D eigenvalue weighted by Crippen LogP contribution is -1.98. The number of carboxylic acid groups (broad SMARTS) is 1. The number of carbonyl (C=O) groups is 1. The molecular formula is C9H7FO2. The Labute approximate surface area is 69.0 Å². The zero-order valence-corrected chi connectivity index (χ0v) is 6.20. The summed E-state index contributed by atoms with van der Waals surface area (Å²) in [6.45, 7) is 0. The fourth-order valence-corrected chi connectivity index (χ4v) is 0.851. The third-order valence-electron chi connectivity index (χ3n) is 1.42. The SMILES string of the molecule is O=C(O)/C(=C/F)c1ccccc1. The largest absolute Gasteiger partial charge is 0.478 e. The van der Waals surface area contributed by atoms with E-state index in [9.17, 15) is 9.18 Å². The first-order valence-electron chi connectivity index (χ1n) is 3.35. The van der Waals surface area contributed by atoms with E-state index in [0.717, 1.165) is 0 Å². The van der Waals surface area contributed by atoms with Gasteiger partial charge < -0.3 is 5.11 Å². The van der Waals surface area contributed by atoms with Crippen molar-refractivity contribution in [2.45, 2.75) is 0 Å². The highest BCUT2D eigenvalue weighted by Gasteiger charge is 2.08. The first-order valence-corrected chi connectivity index (χ1v) is 3.35. The summed E-state index contributed by atoms with van der Waals surface area (Å²) < 4.78 is 12.1. The van der Waals surface area contributed by atoms with Crippen LogP contribution in [0.3, 0.4) is 0 Å². The summed E-state index contributed by atoms with van der Waals surface area (Å²) in [5, 5.41) is 8.52. The number of carboxylic acids is 1. The molecule has 0 heterocycles. The van der Waals surface area contributed by atoms with Gasteiger partial charge in [0, 0.05) is 0 Å². The van der Waals surface area contributed by atoms with Gasteiger partial charge in [-0.2, -0.15) is 0 Å². The van der Waals surface area contributed by atoms with Crippen LogP contribution in [0.2, 0.25) is 0 Å². The second kappa shape index (κ2) is 3.67. The van der Waals surface area contributed by atoms with Crippen molar-refractivity contribution in [3.05, 3.63) is 42.2 Å². The molecule has 0 aliphatic rings. The van der Waals surface area contributed by atoms with Gasteiger partial charge in [0.1, 0.15) is 6.33 Å². The molecule has 0 amide bonds. The maximum Gasteiger partial charge on any atom is 0.338 e. The van der Waals surface area contributed by atoms with Crippen molar-refractivity contribution >= 4 is 11.5 Å². The Morgan fingerprint density at radius 3 is 2.33 bits per heavy atom. The Kier molecular flexibility index (Phi) is 2.58. The lowest BCUT2D eigenvalue weighted by molar-refractivity contribution is -0.130. The molecule has 0 radical (unpaired) electrons. The molecule has 0 unspecified atom stereocenters. The molecule has 12 heavy (non-hydrogen) atoms. The molecule has 62 valence electrons. The Morgan fingerprint density at radius 2 is 1.92 bits per heavy atom. The lowest BCUT2D eigenvalue weighted by Gasteiger charge is -1.97. The zero-order chi connectivity index (χ0) is 8.97. The van der Waals surface area contributed by atoms with E-state index in [1.807, 2.05) is 0 Å². The van der Waals surface area contributed by atoms with Crippen LogP contribution in [0.4, 0.5) is 4.39 Å². The van der Waals surface area contributed by atoms with Gasteiger partial charge in [-0.1, -0.05) is 30.3 Å². The maximum absolute atomic E-state index is 12.1. The van der Waals surface area contributed by atoms with Crippen LogP contribution in [0.25, 0.3) is 5.57 Å². The lowest BCUT2D eigenvalue weighted by atomic mass is 10.1. The molecule has 0 saturated heterocycles. The average molecular weight is 166 g/mol. The molecule has 0 aliphatic heterocycles. The molecule has 0 aliphatic carbocycles. The molecule has 0 fully saturated rings. The fourth-order valence-electron chi connectivity index (χ4n) is 0.851. The normalized spacial score (nSPS) is 11.2. The average Bonchev–Trinajstić information content (AvgIpc) is 2.07. The van der Waals surface area contributed by atoms with Crippen LogP contribution >= 0.6 is 0 Å². The molecule has 2 nitrogen and oxygen atoms in total. The molecule has 1 rings (SSSR count). The van der Waals surface area contributed by atoms with Gasteiger partial charge in [-0.25, -0.2) is 9.18 Å². The highest BCUT2D eigenvalue weighted by molar-refractivity contribution is 6.14. The molecule has 1 aromatic carbocycles. The highest BCUT2D eigenvalue weighted by Crippen LogP contribution is 2.13. The van der Waals surface area contributed by atoms with Gasteiger partial charge in [0.25, 0.3) is 0 Å². The number of rotatable bonds is 2. The Bertz CT molecular complexity index is 304. The van der Waals surface area contributed by atoms with Crippen molar-refractivity contribution in [3.8, 4) is 0 Å². The Balaban J connectivity index is 3.05. The molecule has 0 bridgehead atoms.